The summed E-state index contributed by atoms with van der Waals surface area (Å²) in [7, 11) is 0. The van der Waals surface area contributed by atoms with Crippen molar-refractivity contribution in [3.8, 4) is 0 Å². The van der Waals surface area contributed by atoms with Crippen LogP contribution in [0.15, 0.2) is 0 Å². The van der Waals surface area contributed by atoms with Gasteiger partial charge in [0.25, 0.3) is 5.91 Å². The van der Waals surface area contributed by atoms with Crippen molar-refractivity contribution in [2.45, 2.75) is 44.7 Å². The predicted molar refractivity (Wildman–Crippen MR) is 93.8 cm³/mol. The van der Waals surface area contributed by atoms with Gasteiger partial charge in [0.1, 0.15) is 6.54 Å². The summed E-state index contributed by atoms with van der Waals surface area (Å²) in [6.45, 7) is 5.21. The minimum absolute atomic E-state index is 0. The lowest BCUT2D eigenvalue weighted by atomic mass is 10.1. The van der Waals surface area contributed by atoms with Gasteiger partial charge in [-0.3, -0.25) is 9.59 Å². The molecule has 1 aliphatic carbocycles. The Bertz CT molecular complexity index is 653. The molecule has 2 aliphatic heterocycles. The zero-order valence-corrected chi connectivity index (χ0v) is 15.3. The van der Waals surface area contributed by atoms with E-state index in [9.17, 15) is 9.59 Å². The van der Waals surface area contributed by atoms with E-state index in [4.69, 9.17) is 0 Å². The monoisotopic (exact) mass is 368 g/mol. The van der Waals surface area contributed by atoms with Crippen LogP contribution in [-0.4, -0.2) is 75.4 Å². The summed E-state index contributed by atoms with van der Waals surface area (Å²) < 4.78 is 1.89. The molecule has 0 radical (unpaired) electrons. The second-order valence-corrected chi connectivity index (χ2v) is 6.99. The highest BCUT2D eigenvalue weighted by atomic mass is 35.5. The predicted octanol–water partition coefficient (Wildman–Crippen LogP) is 0.380. The molecule has 1 saturated carbocycles. The van der Waals surface area contributed by atoms with E-state index in [0.717, 1.165) is 44.5 Å². The maximum atomic E-state index is 12.8. The Hall–Kier alpha value is -1.67. The molecule has 25 heavy (non-hydrogen) atoms. The van der Waals surface area contributed by atoms with Crippen molar-refractivity contribution in [2.24, 2.45) is 0 Å². The highest BCUT2D eigenvalue weighted by Crippen LogP contribution is 2.28. The summed E-state index contributed by atoms with van der Waals surface area (Å²) >= 11 is 0. The number of carbonyl (C=O) groups excluding carboxylic acids is 2. The van der Waals surface area contributed by atoms with Gasteiger partial charge in [0.15, 0.2) is 5.69 Å². The quantitative estimate of drug-likeness (QED) is 0.834. The molecular formula is C16H25ClN6O2. The van der Waals surface area contributed by atoms with Crippen LogP contribution in [0.2, 0.25) is 0 Å². The van der Waals surface area contributed by atoms with Crippen molar-refractivity contribution < 1.29 is 9.59 Å². The van der Waals surface area contributed by atoms with Gasteiger partial charge in [0, 0.05) is 19.1 Å². The molecule has 2 amide bonds. The van der Waals surface area contributed by atoms with Gasteiger partial charge in [0.05, 0.1) is 11.7 Å². The van der Waals surface area contributed by atoms with Crippen LogP contribution in [0, 0.1) is 6.92 Å². The Morgan fingerprint density at radius 1 is 1.12 bits per heavy atom. The third-order valence-electron chi connectivity index (χ3n) is 5.32. The van der Waals surface area contributed by atoms with Crippen molar-refractivity contribution in [3.63, 3.8) is 0 Å². The van der Waals surface area contributed by atoms with Crippen molar-refractivity contribution >= 4 is 24.2 Å². The molecule has 2 saturated heterocycles. The Kier molecular flexibility index (Phi) is 5.29. The standard InChI is InChI=1S/C16H24N6O2.ClH/c1-11-15(18-19-22(11)13-4-6-17-7-5-13)16(24)20-8-9-21(12-2-3-12)14(23)10-20;/h12-13,17H,2-10H2,1H3;1H. The molecule has 0 atom stereocenters. The average Bonchev–Trinajstić information content (AvgIpc) is 3.37. The molecule has 0 bridgehead atoms. The topological polar surface area (TPSA) is 83.4 Å². The fraction of sp³-hybridized carbons (Fsp3) is 0.750. The van der Waals surface area contributed by atoms with Crippen LogP contribution in [0.3, 0.4) is 0 Å². The van der Waals surface area contributed by atoms with Gasteiger partial charge < -0.3 is 15.1 Å². The van der Waals surface area contributed by atoms with E-state index in [1.807, 2.05) is 16.5 Å². The number of rotatable bonds is 3. The number of amides is 2. The van der Waals surface area contributed by atoms with Gasteiger partial charge in [0.2, 0.25) is 5.91 Å². The first-order valence-electron chi connectivity index (χ1n) is 8.86. The van der Waals surface area contributed by atoms with E-state index < -0.39 is 0 Å². The lowest BCUT2D eigenvalue weighted by Crippen LogP contribution is -2.53. The van der Waals surface area contributed by atoms with Crippen LogP contribution in [0.1, 0.15) is 47.9 Å². The second kappa shape index (κ2) is 7.29. The summed E-state index contributed by atoms with van der Waals surface area (Å²) in [5.41, 5.74) is 1.20. The Morgan fingerprint density at radius 2 is 1.84 bits per heavy atom. The fourth-order valence-electron chi connectivity index (χ4n) is 3.72. The van der Waals surface area contributed by atoms with E-state index in [1.54, 1.807) is 4.90 Å². The molecule has 8 nitrogen and oxygen atoms in total. The highest BCUT2D eigenvalue weighted by molar-refractivity contribution is 5.96. The highest BCUT2D eigenvalue weighted by Gasteiger charge is 2.37. The van der Waals surface area contributed by atoms with E-state index in [-0.39, 0.29) is 30.8 Å². The molecule has 138 valence electrons. The number of hydrogen-bond donors (Lipinski definition) is 1. The smallest absolute Gasteiger partial charge is 0.276 e. The molecular weight excluding hydrogens is 344 g/mol. The minimum atomic E-state index is -0.170. The van der Waals surface area contributed by atoms with Gasteiger partial charge >= 0.3 is 0 Å². The van der Waals surface area contributed by atoms with Gasteiger partial charge in [-0.1, -0.05) is 5.21 Å². The zero-order valence-electron chi connectivity index (χ0n) is 14.5. The van der Waals surface area contributed by atoms with Crippen LogP contribution in [0.4, 0.5) is 0 Å². The molecule has 1 aromatic heterocycles. The van der Waals surface area contributed by atoms with Crippen LogP contribution >= 0.6 is 12.4 Å². The number of piperazine rings is 1. The molecule has 0 unspecified atom stereocenters. The Labute approximate surface area is 153 Å². The lowest BCUT2D eigenvalue weighted by molar-refractivity contribution is -0.135. The van der Waals surface area contributed by atoms with E-state index in [1.165, 1.54) is 0 Å². The molecule has 1 N–H and O–H groups in total. The first-order valence-corrected chi connectivity index (χ1v) is 8.86. The van der Waals surface area contributed by atoms with Crippen molar-refractivity contribution in [2.75, 3.05) is 32.7 Å². The van der Waals surface area contributed by atoms with Gasteiger partial charge in [-0.2, -0.15) is 0 Å². The first-order chi connectivity index (χ1) is 11.6. The molecule has 9 heteroatoms. The lowest BCUT2D eigenvalue weighted by Gasteiger charge is -2.34. The number of carbonyl (C=O) groups is 2. The largest absolute Gasteiger partial charge is 0.336 e. The number of nitrogens with one attached hydrogen (secondary N) is 1. The van der Waals surface area contributed by atoms with Crippen LogP contribution in [-0.2, 0) is 4.79 Å². The first kappa shape index (κ1) is 18.1. The van der Waals surface area contributed by atoms with Crippen LogP contribution < -0.4 is 5.32 Å². The molecule has 0 aromatic carbocycles. The number of aromatic nitrogens is 3. The van der Waals surface area contributed by atoms with Crippen LogP contribution in [0.25, 0.3) is 0 Å². The molecule has 3 fully saturated rings. The van der Waals surface area contributed by atoms with Gasteiger partial charge in [-0.25, -0.2) is 4.68 Å². The second-order valence-electron chi connectivity index (χ2n) is 6.99. The average molecular weight is 369 g/mol. The summed E-state index contributed by atoms with van der Waals surface area (Å²) in [6, 6.07) is 0.714. The third kappa shape index (κ3) is 3.50. The zero-order chi connectivity index (χ0) is 16.7. The van der Waals surface area contributed by atoms with Crippen molar-refractivity contribution in [1.82, 2.24) is 30.1 Å². The normalized spacial score (nSPS) is 22.0. The number of hydrogen-bond acceptors (Lipinski definition) is 5. The number of nitrogens with zero attached hydrogens (tertiary/aromatic N) is 5. The third-order valence-corrected chi connectivity index (χ3v) is 5.32. The van der Waals surface area contributed by atoms with Gasteiger partial charge in [-0.15, -0.1) is 17.5 Å². The van der Waals surface area contributed by atoms with Gasteiger partial charge in [-0.05, 0) is 45.7 Å². The van der Waals surface area contributed by atoms with Crippen molar-refractivity contribution in [1.29, 1.82) is 0 Å². The molecule has 1 aromatic rings. The molecule has 3 aliphatic rings. The molecule has 0 spiro atoms. The summed E-state index contributed by atoms with van der Waals surface area (Å²) in [5, 5.41) is 11.7. The Balaban J connectivity index is 0.00000182. The Morgan fingerprint density at radius 3 is 2.48 bits per heavy atom. The SMILES string of the molecule is Cc1c(C(=O)N2CCN(C3CC3)C(=O)C2)nnn1C1CCNCC1.Cl. The molecule has 4 rings (SSSR count). The maximum Gasteiger partial charge on any atom is 0.276 e. The van der Waals surface area contributed by atoms with E-state index in [0.29, 0.717) is 30.9 Å². The summed E-state index contributed by atoms with van der Waals surface area (Å²) in [5.74, 6) is -0.114. The van der Waals surface area contributed by atoms with E-state index in [2.05, 4.69) is 15.6 Å². The molecule has 3 heterocycles. The van der Waals surface area contributed by atoms with E-state index >= 15 is 0 Å². The maximum absolute atomic E-state index is 12.8. The minimum Gasteiger partial charge on any atom is -0.336 e. The van der Waals surface area contributed by atoms with Crippen molar-refractivity contribution in [3.05, 3.63) is 11.4 Å². The number of halogens is 1. The summed E-state index contributed by atoms with van der Waals surface area (Å²) in [6.07, 6.45) is 4.19. The number of piperidine rings is 1. The fourth-order valence-corrected chi connectivity index (χ4v) is 3.72. The summed E-state index contributed by atoms with van der Waals surface area (Å²) in [4.78, 5) is 28.6. The van der Waals surface area contributed by atoms with Crippen LogP contribution in [0.5, 0.6) is 0 Å².